The molecule has 0 bridgehead atoms. The molecule has 0 radical (unpaired) electrons. The summed E-state index contributed by atoms with van der Waals surface area (Å²) in [5, 5.41) is 7.02. The molecule has 0 amide bonds. The van der Waals surface area contributed by atoms with Gasteiger partial charge in [-0.3, -0.25) is 14.3 Å². The van der Waals surface area contributed by atoms with Gasteiger partial charge < -0.3 is 0 Å². The quantitative estimate of drug-likeness (QED) is 0.776. The van der Waals surface area contributed by atoms with Gasteiger partial charge in [-0.05, 0) is 5.92 Å². The summed E-state index contributed by atoms with van der Waals surface area (Å²) in [6, 6.07) is 3.10. The molecule has 4 heteroatoms. The molecule has 0 saturated carbocycles. The summed E-state index contributed by atoms with van der Waals surface area (Å²) < 4.78 is 1.92. The fourth-order valence-electron chi connectivity index (χ4n) is 1.48. The van der Waals surface area contributed by atoms with E-state index in [-0.39, 0.29) is 5.43 Å². The zero-order chi connectivity index (χ0) is 10.1. The molecule has 0 aliphatic rings. The van der Waals surface area contributed by atoms with E-state index in [1.165, 1.54) is 0 Å². The molecule has 0 atom stereocenters. The Balaban J connectivity index is 2.53. The standard InChI is InChI=1S/C10H13N3O/c1-7(2)5-9-11-12-10-6-8(14)3-4-13(9)10/h3-4,6-7,12H,5H2,1-2H3. The first kappa shape index (κ1) is 8.99. The lowest BCUT2D eigenvalue weighted by atomic mass is 10.1. The molecule has 1 N–H and O–H groups in total. The molecule has 2 rings (SSSR count). The lowest BCUT2D eigenvalue weighted by Crippen LogP contribution is -2.03. The van der Waals surface area contributed by atoms with Crippen molar-refractivity contribution in [1.82, 2.24) is 14.6 Å². The number of aromatic nitrogens is 3. The van der Waals surface area contributed by atoms with Gasteiger partial charge in [-0.1, -0.05) is 13.8 Å². The van der Waals surface area contributed by atoms with Crippen LogP contribution in [0.5, 0.6) is 0 Å². The van der Waals surface area contributed by atoms with Gasteiger partial charge in [-0.15, -0.1) is 0 Å². The Bertz CT molecular complexity index is 495. The predicted octanol–water partition coefficient (Wildman–Crippen LogP) is 1.22. The van der Waals surface area contributed by atoms with E-state index in [1.807, 2.05) is 4.40 Å². The molecule has 14 heavy (non-hydrogen) atoms. The molecule has 74 valence electrons. The second kappa shape index (κ2) is 3.29. The van der Waals surface area contributed by atoms with E-state index >= 15 is 0 Å². The third-order valence-corrected chi connectivity index (χ3v) is 2.09. The highest BCUT2D eigenvalue weighted by atomic mass is 16.1. The maximum absolute atomic E-state index is 11.1. The summed E-state index contributed by atoms with van der Waals surface area (Å²) in [5.74, 6) is 1.52. The number of aromatic amines is 1. The average molecular weight is 191 g/mol. The van der Waals surface area contributed by atoms with Crippen molar-refractivity contribution in [3.63, 3.8) is 0 Å². The molecule has 2 aromatic heterocycles. The van der Waals surface area contributed by atoms with Crippen molar-refractivity contribution in [3.05, 3.63) is 34.4 Å². The third-order valence-electron chi connectivity index (χ3n) is 2.09. The van der Waals surface area contributed by atoms with E-state index in [1.54, 1.807) is 18.3 Å². The highest BCUT2D eigenvalue weighted by Gasteiger charge is 2.05. The second-order valence-corrected chi connectivity index (χ2v) is 3.86. The third kappa shape index (κ3) is 1.55. The maximum atomic E-state index is 11.1. The molecule has 2 aromatic rings. The van der Waals surface area contributed by atoms with Crippen molar-refractivity contribution in [2.75, 3.05) is 0 Å². The van der Waals surface area contributed by atoms with E-state index in [0.717, 1.165) is 17.9 Å². The molecule has 0 saturated heterocycles. The molecule has 0 aliphatic heterocycles. The molecular formula is C10H13N3O. The summed E-state index contributed by atoms with van der Waals surface area (Å²) >= 11 is 0. The van der Waals surface area contributed by atoms with Gasteiger partial charge in [-0.25, -0.2) is 0 Å². The normalized spacial score (nSPS) is 11.4. The molecule has 0 unspecified atom stereocenters. The van der Waals surface area contributed by atoms with Crippen LogP contribution in [-0.2, 0) is 6.42 Å². The van der Waals surface area contributed by atoms with Crippen molar-refractivity contribution in [3.8, 4) is 0 Å². The van der Waals surface area contributed by atoms with Gasteiger partial charge in [0.05, 0.1) is 0 Å². The summed E-state index contributed by atoms with van der Waals surface area (Å²) in [6.07, 6.45) is 2.67. The van der Waals surface area contributed by atoms with Gasteiger partial charge in [0.2, 0.25) is 0 Å². The van der Waals surface area contributed by atoms with E-state index in [9.17, 15) is 4.79 Å². The van der Waals surface area contributed by atoms with Crippen molar-refractivity contribution in [2.45, 2.75) is 20.3 Å². The minimum Gasteiger partial charge on any atom is -0.290 e. The first-order valence-corrected chi connectivity index (χ1v) is 4.72. The fraction of sp³-hybridized carbons (Fsp3) is 0.400. The Hall–Kier alpha value is -1.58. The van der Waals surface area contributed by atoms with Gasteiger partial charge in [-0.2, -0.15) is 5.10 Å². The number of pyridine rings is 1. The van der Waals surface area contributed by atoms with Crippen LogP contribution in [0.15, 0.2) is 23.1 Å². The minimum absolute atomic E-state index is 0.00440. The molecule has 2 heterocycles. The Kier molecular flexibility index (Phi) is 2.11. The topological polar surface area (TPSA) is 50.2 Å². The van der Waals surface area contributed by atoms with Gasteiger partial charge in [0, 0.05) is 24.8 Å². The number of nitrogens with one attached hydrogen (secondary N) is 1. The van der Waals surface area contributed by atoms with E-state index in [2.05, 4.69) is 24.0 Å². The van der Waals surface area contributed by atoms with Crippen LogP contribution in [0.25, 0.3) is 5.65 Å². The van der Waals surface area contributed by atoms with Crippen LogP contribution in [0.1, 0.15) is 19.7 Å². The molecule has 0 aromatic carbocycles. The van der Waals surface area contributed by atoms with Crippen LogP contribution >= 0.6 is 0 Å². The Morgan fingerprint density at radius 2 is 2.36 bits per heavy atom. The number of fused-ring (bicyclic) bond motifs is 1. The highest BCUT2D eigenvalue weighted by Crippen LogP contribution is 2.06. The molecule has 4 nitrogen and oxygen atoms in total. The van der Waals surface area contributed by atoms with Crippen LogP contribution in [0.4, 0.5) is 0 Å². The second-order valence-electron chi connectivity index (χ2n) is 3.86. The summed E-state index contributed by atoms with van der Waals surface area (Å²) in [4.78, 5) is 11.1. The Labute approximate surface area is 81.6 Å². The van der Waals surface area contributed by atoms with E-state index < -0.39 is 0 Å². The SMILES string of the molecule is CC(C)Cc1n[nH]c2cc(=O)ccn12. The molecular weight excluding hydrogens is 178 g/mol. The summed E-state index contributed by atoms with van der Waals surface area (Å²) in [7, 11) is 0. The number of nitrogens with zero attached hydrogens (tertiary/aromatic N) is 2. The Morgan fingerprint density at radius 1 is 1.57 bits per heavy atom. The van der Waals surface area contributed by atoms with Crippen LogP contribution in [-0.4, -0.2) is 14.6 Å². The molecule has 0 fully saturated rings. The van der Waals surface area contributed by atoms with Crippen LogP contribution in [0.2, 0.25) is 0 Å². The molecule has 0 aliphatic carbocycles. The largest absolute Gasteiger partial charge is 0.290 e. The lowest BCUT2D eigenvalue weighted by Gasteiger charge is -2.01. The predicted molar refractivity (Wildman–Crippen MR) is 54.4 cm³/mol. The van der Waals surface area contributed by atoms with Gasteiger partial charge in [0.15, 0.2) is 5.43 Å². The summed E-state index contributed by atoms with van der Waals surface area (Å²) in [5.41, 5.74) is 0.762. The number of hydrogen-bond donors (Lipinski definition) is 1. The van der Waals surface area contributed by atoms with Crippen molar-refractivity contribution < 1.29 is 0 Å². The van der Waals surface area contributed by atoms with Crippen molar-refractivity contribution in [1.29, 1.82) is 0 Å². The zero-order valence-electron chi connectivity index (χ0n) is 8.32. The van der Waals surface area contributed by atoms with Crippen molar-refractivity contribution >= 4 is 5.65 Å². The van der Waals surface area contributed by atoms with Gasteiger partial charge in [0.1, 0.15) is 11.5 Å². The first-order valence-electron chi connectivity index (χ1n) is 4.72. The minimum atomic E-state index is 0.00440. The monoisotopic (exact) mass is 191 g/mol. The van der Waals surface area contributed by atoms with E-state index in [0.29, 0.717) is 5.92 Å². The maximum Gasteiger partial charge on any atom is 0.183 e. The number of H-pyrrole nitrogens is 1. The highest BCUT2D eigenvalue weighted by molar-refractivity contribution is 5.37. The average Bonchev–Trinajstić information content (AvgIpc) is 2.47. The van der Waals surface area contributed by atoms with Crippen LogP contribution in [0.3, 0.4) is 0 Å². The first-order chi connectivity index (χ1) is 6.66. The number of rotatable bonds is 2. The van der Waals surface area contributed by atoms with Gasteiger partial charge in [0.25, 0.3) is 0 Å². The fourth-order valence-corrected chi connectivity index (χ4v) is 1.48. The van der Waals surface area contributed by atoms with Crippen LogP contribution in [0, 0.1) is 5.92 Å². The number of hydrogen-bond acceptors (Lipinski definition) is 2. The van der Waals surface area contributed by atoms with Crippen LogP contribution < -0.4 is 5.43 Å². The Morgan fingerprint density at radius 3 is 3.07 bits per heavy atom. The summed E-state index contributed by atoms with van der Waals surface area (Å²) in [6.45, 7) is 4.28. The smallest absolute Gasteiger partial charge is 0.183 e. The van der Waals surface area contributed by atoms with E-state index in [4.69, 9.17) is 0 Å². The zero-order valence-corrected chi connectivity index (χ0v) is 8.32. The van der Waals surface area contributed by atoms with Gasteiger partial charge >= 0.3 is 0 Å². The van der Waals surface area contributed by atoms with Crippen molar-refractivity contribution in [2.24, 2.45) is 5.92 Å². The molecule has 0 spiro atoms. The lowest BCUT2D eigenvalue weighted by molar-refractivity contribution is 0.616.